The van der Waals surface area contributed by atoms with Crippen LogP contribution in [0.3, 0.4) is 0 Å². The van der Waals surface area contributed by atoms with Gasteiger partial charge in [-0.2, -0.15) is 4.98 Å². The lowest BCUT2D eigenvalue weighted by molar-refractivity contribution is 0.229. The molecule has 0 radical (unpaired) electrons. The predicted molar refractivity (Wildman–Crippen MR) is 117 cm³/mol. The van der Waals surface area contributed by atoms with Crippen LogP contribution < -0.4 is 5.32 Å². The molecule has 0 spiro atoms. The summed E-state index contributed by atoms with van der Waals surface area (Å²) in [6, 6.07) is 18.6. The van der Waals surface area contributed by atoms with Crippen LogP contribution in [0.1, 0.15) is 22.7 Å². The molecule has 0 amide bonds. The van der Waals surface area contributed by atoms with E-state index < -0.39 is 0 Å². The van der Waals surface area contributed by atoms with Gasteiger partial charge in [-0.25, -0.2) is 4.98 Å². The van der Waals surface area contributed by atoms with E-state index in [-0.39, 0.29) is 11.3 Å². The maximum Gasteiger partial charge on any atom is 0.226 e. The highest BCUT2D eigenvalue weighted by Gasteiger charge is 2.26. The summed E-state index contributed by atoms with van der Waals surface area (Å²) in [4.78, 5) is 14.2. The Bertz CT molecular complexity index is 1160. The van der Waals surface area contributed by atoms with Gasteiger partial charge in [0.15, 0.2) is 0 Å². The quantitative estimate of drug-likeness (QED) is 0.429. The van der Waals surface area contributed by atoms with Gasteiger partial charge in [-0.3, -0.25) is 4.90 Å². The van der Waals surface area contributed by atoms with Crippen molar-refractivity contribution >= 4 is 40.1 Å². The first-order valence-corrected chi connectivity index (χ1v) is 10.2. The van der Waals surface area contributed by atoms with Crippen LogP contribution in [0.4, 0.5) is 5.82 Å². The first kappa shape index (κ1) is 18.4. The van der Waals surface area contributed by atoms with Gasteiger partial charge in [-0.05, 0) is 46.5 Å². The standard InChI is InChI=1S/C22H19Cl2N5/c23-16-6-7-17-15(10-16)12-29(11-14-4-2-1-3-5-14)13-19(17)26-21-18-8-9-25-20(18)27-22(24)28-21/h1-10,19H,11-13H2,(H2,25,26,27,28). The van der Waals surface area contributed by atoms with Gasteiger partial charge in [0.1, 0.15) is 11.5 Å². The van der Waals surface area contributed by atoms with Gasteiger partial charge in [0.2, 0.25) is 5.28 Å². The van der Waals surface area contributed by atoms with Gasteiger partial charge >= 0.3 is 0 Å². The van der Waals surface area contributed by atoms with Crippen molar-refractivity contribution in [2.75, 3.05) is 11.9 Å². The van der Waals surface area contributed by atoms with E-state index in [1.807, 2.05) is 24.4 Å². The summed E-state index contributed by atoms with van der Waals surface area (Å²) in [7, 11) is 0. The number of anilines is 1. The molecule has 29 heavy (non-hydrogen) atoms. The Morgan fingerprint density at radius 1 is 1.07 bits per heavy atom. The minimum absolute atomic E-state index is 0.0591. The normalized spacial score (nSPS) is 16.7. The molecule has 4 aromatic rings. The van der Waals surface area contributed by atoms with Crippen molar-refractivity contribution in [1.82, 2.24) is 19.9 Å². The fraction of sp³-hybridized carbons (Fsp3) is 0.182. The molecule has 2 aromatic heterocycles. The summed E-state index contributed by atoms with van der Waals surface area (Å²) in [5, 5.41) is 5.49. The predicted octanol–water partition coefficient (Wildman–Crippen LogP) is 5.43. The number of hydrogen-bond acceptors (Lipinski definition) is 4. The Morgan fingerprint density at radius 2 is 1.93 bits per heavy atom. The summed E-state index contributed by atoms with van der Waals surface area (Å²) >= 11 is 12.4. The van der Waals surface area contributed by atoms with Crippen LogP contribution in [0.2, 0.25) is 10.3 Å². The highest BCUT2D eigenvalue weighted by atomic mass is 35.5. The number of halogens is 2. The van der Waals surface area contributed by atoms with Crippen molar-refractivity contribution in [3.63, 3.8) is 0 Å². The summed E-state index contributed by atoms with van der Waals surface area (Å²) in [5.41, 5.74) is 4.47. The smallest absolute Gasteiger partial charge is 0.226 e. The zero-order chi connectivity index (χ0) is 19.8. The number of nitrogens with zero attached hydrogens (tertiary/aromatic N) is 3. The van der Waals surface area contributed by atoms with E-state index in [0.29, 0.717) is 0 Å². The van der Waals surface area contributed by atoms with Gasteiger partial charge < -0.3 is 10.3 Å². The van der Waals surface area contributed by atoms with E-state index in [9.17, 15) is 0 Å². The molecule has 0 aliphatic carbocycles. The number of nitrogens with one attached hydrogen (secondary N) is 2. The number of aromatic amines is 1. The first-order chi connectivity index (χ1) is 14.2. The number of H-pyrrole nitrogens is 1. The van der Waals surface area contributed by atoms with E-state index in [2.05, 4.69) is 61.6 Å². The fourth-order valence-corrected chi connectivity index (χ4v) is 4.35. The molecule has 1 unspecified atom stereocenters. The highest BCUT2D eigenvalue weighted by Crippen LogP contribution is 2.33. The van der Waals surface area contributed by atoms with Gasteiger partial charge in [0.05, 0.1) is 11.4 Å². The van der Waals surface area contributed by atoms with E-state index >= 15 is 0 Å². The van der Waals surface area contributed by atoms with E-state index in [1.165, 1.54) is 16.7 Å². The Hall–Kier alpha value is -2.60. The van der Waals surface area contributed by atoms with Gasteiger partial charge in [-0.1, -0.05) is 48.0 Å². The molecule has 2 N–H and O–H groups in total. The molecular formula is C22H19Cl2N5. The zero-order valence-electron chi connectivity index (χ0n) is 15.6. The average molecular weight is 424 g/mol. The fourth-order valence-electron chi connectivity index (χ4n) is 3.99. The van der Waals surface area contributed by atoms with Crippen molar-refractivity contribution in [3.05, 3.63) is 87.8 Å². The summed E-state index contributed by atoms with van der Waals surface area (Å²) in [6.07, 6.45) is 1.84. The van der Waals surface area contributed by atoms with Crippen LogP contribution in [0, 0.1) is 0 Å². The van der Waals surface area contributed by atoms with Crippen LogP contribution in [0.25, 0.3) is 11.0 Å². The van der Waals surface area contributed by atoms with Crippen molar-refractivity contribution in [3.8, 4) is 0 Å². The Balaban J connectivity index is 1.49. The van der Waals surface area contributed by atoms with E-state index in [4.69, 9.17) is 23.2 Å². The molecule has 5 nitrogen and oxygen atoms in total. The van der Waals surface area contributed by atoms with Crippen LogP contribution in [0.15, 0.2) is 60.8 Å². The molecule has 0 fully saturated rings. The van der Waals surface area contributed by atoms with Crippen LogP contribution in [-0.4, -0.2) is 26.4 Å². The molecule has 3 heterocycles. The second kappa shape index (κ2) is 7.67. The molecule has 2 aromatic carbocycles. The summed E-state index contributed by atoms with van der Waals surface area (Å²) in [6.45, 7) is 2.57. The topological polar surface area (TPSA) is 56.8 Å². The molecule has 0 bridgehead atoms. The number of rotatable bonds is 4. The summed E-state index contributed by atoms with van der Waals surface area (Å²) in [5.74, 6) is 0.730. The molecular weight excluding hydrogens is 405 g/mol. The third-order valence-electron chi connectivity index (χ3n) is 5.26. The zero-order valence-corrected chi connectivity index (χ0v) is 17.1. The van der Waals surface area contributed by atoms with Crippen LogP contribution in [-0.2, 0) is 13.1 Å². The Labute approximate surface area is 178 Å². The number of fused-ring (bicyclic) bond motifs is 2. The molecule has 0 saturated heterocycles. The number of benzene rings is 2. The lowest BCUT2D eigenvalue weighted by Crippen LogP contribution is -2.36. The maximum absolute atomic E-state index is 6.30. The van der Waals surface area contributed by atoms with Crippen LogP contribution >= 0.6 is 23.2 Å². The summed E-state index contributed by atoms with van der Waals surface area (Å²) < 4.78 is 0. The van der Waals surface area contributed by atoms with Crippen molar-refractivity contribution < 1.29 is 0 Å². The highest BCUT2D eigenvalue weighted by molar-refractivity contribution is 6.30. The van der Waals surface area contributed by atoms with Crippen molar-refractivity contribution in [1.29, 1.82) is 0 Å². The van der Waals surface area contributed by atoms with Crippen LogP contribution in [0.5, 0.6) is 0 Å². The maximum atomic E-state index is 6.30. The molecule has 1 atom stereocenters. The minimum atomic E-state index is 0.0591. The van der Waals surface area contributed by atoms with E-state index in [0.717, 1.165) is 41.5 Å². The third kappa shape index (κ3) is 3.81. The third-order valence-corrected chi connectivity index (χ3v) is 5.67. The molecule has 5 rings (SSSR count). The Kier molecular flexibility index (Phi) is 4.87. The number of hydrogen-bond donors (Lipinski definition) is 2. The number of aromatic nitrogens is 3. The van der Waals surface area contributed by atoms with Crippen molar-refractivity contribution in [2.24, 2.45) is 0 Å². The lowest BCUT2D eigenvalue weighted by Gasteiger charge is -2.35. The van der Waals surface area contributed by atoms with Crippen molar-refractivity contribution in [2.45, 2.75) is 19.1 Å². The molecule has 7 heteroatoms. The molecule has 0 saturated carbocycles. The molecule has 1 aliphatic rings. The van der Waals surface area contributed by atoms with Gasteiger partial charge in [-0.15, -0.1) is 0 Å². The SMILES string of the molecule is Clc1ccc2c(c1)CN(Cc1ccccc1)CC2Nc1nc(Cl)nc2[nH]ccc12. The van der Waals surface area contributed by atoms with Gasteiger partial charge in [0, 0.05) is 30.9 Å². The molecule has 1 aliphatic heterocycles. The lowest BCUT2D eigenvalue weighted by atomic mass is 9.94. The average Bonchev–Trinajstić information content (AvgIpc) is 3.17. The second-order valence-electron chi connectivity index (χ2n) is 7.28. The van der Waals surface area contributed by atoms with E-state index in [1.54, 1.807) is 0 Å². The molecule has 146 valence electrons. The minimum Gasteiger partial charge on any atom is -0.361 e. The largest absolute Gasteiger partial charge is 0.361 e. The Morgan fingerprint density at radius 3 is 2.79 bits per heavy atom. The van der Waals surface area contributed by atoms with Gasteiger partial charge in [0.25, 0.3) is 0 Å². The second-order valence-corrected chi connectivity index (χ2v) is 8.05. The monoisotopic (exact) mass is 423 g/mol. The first-order valence-electron chi connectivity index (χ1n) is 9.47.